The first-order valence-electron chi connectivity index (χ1n) is 10.3. The highest BCUT2D eigenvalue weighted by Crippen LogP contribution is 2.32. The van der Waals surface area contributed by atoms with Gasteiger partial charge in [-0.1, -0.05) is 48.0 Å². The number of sulfonamides is 1. The van der Waals surface area contributed by atoms with Crippen molar-refractivity contribution in [3.63, 3.8) is 0 Å². The zero-order chi connectivity index (χ0) is 25.3. The van der Waals surface area contributed by atoms with Crippen LogP contribution < -0.4 is 16.2 Å². The van der Waals surface area contributed by atoms with Crippen molar-refractivity contribution in [2.45, 2.75) is 11.8 Å². The molecule has 1 aromatic heterocycles. The summed E-state index contributed by atoms with van der Waals surface area (Å²) >= 11 is 6.44. The Hall–Kier alpha value is -3.99. The van der Waals surface area contributed by atoms with Crippen LogP contribution in [0.1, 0.15) is 21.7 Å². The van der Waals surface area contributed by atoms with Crippen molar-refractivity contribution < 1.29 is 13.2 Å². The number of carbonyl (C=O) groups excluding carboxylic acids is 1. The second-order valence-corrected chi connectivity index (χ2v) is 9.67. The highest BCUT2D eigenvalue weighted by Gasteiger charge is 2.19. The Labute approximate surface area is 206 Å². The van der Waals surface area contributed by atoms with E-state index in [0.29, 0.717) is 33.8 Å². The van der Waals surface area contributed by atoms with Crippen LogP contribution in [0.15, 0.2) is 77.7 Å². The second kappa shape index (κ2) is 9.34. The molecule has 35 heavy (non-hydrogen) atoms. The van der Waals surface area contributed by atoms with Gasteiger partial charge in [0.15, 0.2) is 0 Å². The molecule has 9 nitrogen and oxygen atoms in total. The molecule has 0 aliphatic rings. The molecule has 0 saturated heterocycles. The van der Waals surface area contributed by atoms with Gasteiger partial charge < -0.3 is 11.1 Å². The average Bonchev–Trinajstić information content (AvgIpc) is 3.21. The molecule has 178 valence electrons. The topological polar surface area (TPSA) is 157 Å². The molecule has 4 aromatic rings. The lowest BCUT2D eigenvalue weighted by molar-refractivity contribution is 0.101. The smallest absolute Gasteiger partial charge is 0.274 e. The Morgan fingerprint density at radius 2 is 1.80 bits per heavy atom. The first-order chi connectivity index (χ1) is 16.5. The Kier molecular flexibility index (Phi) is 6.44. The van der Waals surface area contributed by atoms with E-state index in [-0.39, 0.29) is 21.4 Å². The van der Waals surface area contributed by atoms with Gasteiger partial charge in [0.25, 0.3) is 5.91 Å². The fourth-order valence-electron chi connectivity index (χ4n) is 3.59. The lowest BCUT2D eigenvalue weighted by atomic mass is 10.1. The highest BCUT2D eigenvalue weighted by molar-refractivity contribution is 7.89. The van der Waals surface area contributed by atoms with Gasteiger partial charge in [0.05, 0.1) is 27.0 Å². The molecule has 1 heterocycles. The summed E-state index contributed by atoms with van der Waals surface area (Å²) in [6.07, 6.45) is 0. The van der Waals surface area contributed by atoms with Crippen LogP contribution >= 0.6 is 11.6 Å². The molecule has 1 amide bonds. The summed E-state index contributed by atoms with van der Waals surface area (Å²) in [5.41, 5.74) is 8.78. The largest absolute Gasteiger partial charge is 0.384 e. The fourth-order valence-corrected chi connectivity index (χ4v) is 4.58. The molecule has 11 heteroatoms. The van der Waals surface area contributed by atoms with Gasteiger partial charge in [-0.3, -0.25) is 10.2 Å². The Balaban J connectivity index is 1.66. The first-order valence-corrected chi connectivity index (χ1v) is 12.2. The van der Waals surface area contributed by atoms with Crippen molar-refractivity contribution in [1.82, 2.24) is 9.78 Å². The Morgan fingerprint density at radius 1 is 1.06 bits per heavy atom. The SMILES string of the molecule is Cc1cc(C(=O)Nc2ccc(-c3ccccc3S(N)(=O)=O)cc2Cl)n(-c2cccc(C(=N)N)c2)n1. The Morgan fingerprint density at radius 3 is 2.49 bits per heavy atom. The van der Waals surface area contributed by atoms with Crippen molar-refractivity contribution >= 4 is 39.1 Å². The highest BCUT2D eigenvalue weighted by atomic mass is 35.5. The van der Waals surface area contributed by atoms with Gasteiger partial charge in [-0.05, 0) is 48.9 Å². The maximum Gasteiger partial charge on any atom is 0.274 e. The number of carbonyl (C=O) groups is 1. The summed E-state index contributed by atoms with van der Waals surface area (Å²) in [6.45, 7) is 1.76. The van der Waals surface area contributed by atoms with Crippen molar-refractivity contribution in [3.8, 4) is 16.8 Å². The maximum absolute atomic E-state index is 13.1. The molecular formula is C24H21ClN6O3S. The van der Waals surface area contributed by atoms with E-state index in [9.17, 15) is 13.2 Å². The predicted octanol–water partition coefficient (Wildman–Crippen LogP) is 3.68. The van der Waals surface area contributed by atoms with Gasteiger partial charge in [-0.25, -0.2) is 18.2 Å². The van der Waals surface area contributed by atoms with Crippen LogP contribution in [0.25, 0.3) is 16.8 Å². The number of nitrogens with one attached hydrogen (secondary N) is 2. The van der Waals surface area contributed by atoms with Crippen molar-refractivity contribution in [2.24, 2.45) is 10.9 Å². The van der Waals surface area contributed by atoms with Crippen LogP contribution in [0, 0.1) is 12.3 Å². The molecule has 0 saturated carbocycles. The van der Waals surface area contributed by atoms with Crippen LogP contribution in [0.2, 0.25) is 5.02 Å². The number of anilines is 1. The summed E-state index contributed by atoms with van der Waals surface area (Å²) in [4.78, 5) is 13.1. The summed E-state index contributed by atoms with van der Waals surface area (Å²) in [6, 6.07) is 19.5. The molecule has 4 rings (SSSR count). The number of amides is 1. The minimum atomic E-state index is -3.94. The summed E-state index contributed by atoms with van der Waals surface area (Å²) in [7, 11) is -3.94. The molecule has 6 N–H and O–H groups in total. The number of aryl methyl sites for hydroxylation is 1. The van der Waals surface area contributed by atoms with Gasteiger partial charge in [0, 0.05) is 11.1 Å². The number of amidine groups is 1. The second-order valence-electron chi connectivity index (χ2n) is 7.74. The molecule has 0 aliphatic heterocycles. The van der Waals surface area contributed by atoms with Gasteiger partial charge >= 0.3 is 0 Å². The number of hydrogen-bond donors (Lipinski definition) is 4. The number of benzene rings is 3. The van der Waals surface area contributed by atoms with Gasteiger partial charge in [0.2, 0.25) is 10.0 Å². The summed E-state index contributed by atoms with van der Waals surface area (Å²) in [5.74, 6) is -0.559. The third-order valence-electron chi connectivity index (χ3n) is 5.19. The van der Waals surface area contributed by atoms with Crippen molar-refractivity contribution in [3.05, 3.63) is 94.8 Å². The quantitative estimate of drug-likeness (QED) is 0.231. The molecule has 0 radical (unpaired) electrons. The lowest BCUT2D eigenvalue weighted by Gasteiger charge is -2.12. The standard InChI is InChI=1S/C24H21ClN6O3S/c1-14-11-21(31(30-14)17-6-4-5-16(12-17)23(26)27)24(32)29-20-10-9-15(13-19(20)25)18-7-2-3-8-22(18)35(28,33)34/h2-13H,1H3,(H3,26,27)(H,29,32)(H2,28,33,34). The summed E-state index contributed by atoms with van der Waals surface area (Å²) < 4.78 is 25.4. The van der Waals surface area contributed by atoms with E-state index in [4.69, 9.17) is 27.9 Å². The molecule has 0 fully saturated rings. The van der Waals surface area contributed by atoms with E-state index >= 15 is 0 Å². The van der Waals surface area contributed by atoms with Crippen molar-refractivity contribution in [2.75, 3.05) is 5.32 Å². The average molecular weight is 509 g/mol. The minimum Gasteiger partial charge on any atom is -0.384 e. The molecular weight excluding hydrogens is 488 g/mol. The molecule has 0 atom stereocenters. The van der Waals surface area contributed by atoms with Gasteiger partial charge in [0.1, 0.15) is 11.5 Å². The number of nitrogen functional groups attached to an aromatic ring is 1. The molecule has 3 aromatic carbocycles. The number of nitrogens with two attached hydrogens (primary N) is 2. The van der Waals surface area contributed by atoms with E-state index < -0.39 is 15.9 Å². The van der Waals surface area contributed by atoms with E-state index in [1.54, 1.807) is 73.7 Å². The fraction of sp³-hybridized carbons (Fsp3) is 0.0417. The van der Waals surface area contributed by atoms with Crippen LogP contribution in [-0.2, 0) is 10.0 Å². The van der Waals surface area contributed by atoms with Crippen LogP contribution in [0.5, 0.6) is 0 Å². The normalized spacial score (nSPS) is 11.3. The number of halogens is 1. The third kappa shape index (κ3) is 5.09. The van der Waals surface area contributed by atoms with Crippen LogP contribution in [0.4, 0.5) is 5.69 Å². The lowest BCUT2D eigenvalue weighted by Crippen LogP contribution is -2.18. The predicted molar refractivity (Wildman–Crippen MR) is 136 cm³/mol. The number of aromatic nitrogens is 2. The molecule has 0 unspecified atom stereocenters. The number of primary sulfonamides is 1. The van der Waals surface area contributed by atoms with Gasteiger partial charge in [-0.2, -0.15) is 5.10 Å². The number of nitrogens with zero attached hydrogens (tertiary/aromatic N) is 2. The van der Waals surface area contributed by atoms with Crippen molar-refractivity contribution in [1.29, 1.82) is 5.41 Å². The number of rotatable bonds is 6. The first kappa shape index (κ1) is 24.1. The molecule has 0 bridgehead atoms. The van der Waals surface area contributed by atoms with E-state index in [1.165, 1.54) is 10.7 Å². The molecule has 0 aliphatic carbocycles. The zero-order valence-electron chi connectivity index (χ0n) is 18.5. The summed E-state index contributed by atoms with van der Waals surface area (Å²) in [5, 5.41) is 20.4. The minimum absolute atomic E-state index is 0.0278. The maximum atomic E-state index is 13.1. The number of hydrogen-bond acceptors (Lipinski definition) is 5. The van der Waals surface area contributed by atoms with Crippen LogP contribution in [-0.4, -0.2) is 29.9 Å². The monoisotopic (exact) mass is 508 g/mol. The molecule has 0 spiro atoms. The Bertz CT molecular complexity index is 1580. The van der Waals surface area contributed by atoms with E-state index in [1.807, 2.05) is 0 Å². The third-order valence-corrected chi connectivity index (χ3v) is 6.47. The van der Waals surface area contributed by atoms with Crippen LogP contribution in [0.3, 0.4) is 0 Å². The van der Waals surface area contributed by atoms with E-state index in [2.05, 4.69) is 10.4 Å². The van der Waals surface area contributed by atoms with E-state index in [0.717, 1.165) is 0 Å². The van der Waals surface area contributed by atoms with Gasteiger partial charge in [-0.15, -0.1) is 0 Å². The zero-order valence-corrected chi connectivity index (χ0v) is 20.1.